The Morgan fingerprint density at radius 1 is 1.18 bits per heavy atom. The number of hydrogen-bond donors (Lipinski definition) is 1. The molecule has 2 aliphatic rings. The molecule has 0 bridgehead atoms. The van der Waals surface area contributed by atoms with Crippen molar-refractivity contribution in [1.82, 2.24) is 20.1 Å². The Hall–Kier alpha value is -1.49. The molecule has 0 spiro atoms. The number of halogens is 3. The lowest BCUT2D eigenvalue weighted by molar-refractivity contribution is -0.141. The number of morpholine rings is 1. The third-order valence-electron chi connectivity index (χ3n) is 4.97. The SMILES string of the molecule is O=C(CSc1nnc(N2CCOCC2)n1CC(F)(F)F)NCC1CCCCC1. The zero-order valence-corrected chi connectivity index (χ0v) is 16.5. The summed E-state index contributed by atoms with van der Waals surface area (Å²) in [6.07, 6.45) is 1.48. The second-order valence-electron chi connectivity index (χ2n) is 7.18. The maximum absolute atomic E-state index is 13.1. The summed E-state index contributed by atoms with van der Waals surface area (Å²) >= 11 is 0.987. The van der Waals surface area contributed by atoms with Crippen LogP contribution < -0.4 is 10.2 Å². The van der Waals surface area contributed by atoms with Crippen LogP contribution in [-0.2, 0) is 16.1 Å². The fraction of sp³-hybridized carbons (Fsp3) is 0.824. The van der Waals surface area contributed by atoms with Crippen LogP contribution in [0.2, 0.25) is 0 Å². The quantitative estimate of drug-likeness (QED) is 0.682. The molecule has 1 saturated carbocycles. The summed E-state index contributed by atoms with van der Waals surface area (Å²) in [6, 6.07) is 0. The van der Waals surface area contributed by atoms with Gasteiger partial charge < -0.3 is 15.0 Å². The molecule has 1 amide bonds. The van der Waals surface area contributed by atoms with Gasteiger partial charge in [-0.1, -0.05) is 31.0 Å². The molecular formula is C17H26F3N5O2S. The number of ether oxygens (including phenoxy) is 1. The number of rotatable bonds is 7. The summed E-state index contributed by atoms with van der Waals surface area (Å²) in [5.74, 6) is 0.506. The van der Waals surface area contributed by atoms with E-state index in [1.165, 1.54) is 19.3 Å². The predicted molar refractivity (Wildman–Crippen MR) is 99.4 cm³/mol. The number of carbonyl (C=O) groups excluding carboxylic acids is 1. The second-order valence-corrected chi connectivity index (χ2v) is 8.12. The summed E-state index contributed by atoms with van der Waals surface area (Å²) in [6.45, 7) is 1.24. The zero-order chi connectivity index (χ0) is 20.0. The molecular weight excluding hydrogens is 395 g/mol. The Balaban J connectivity index is 1.58. The molecule has 0 radical (unpaired) electrons. The highest BCUT2D eigenvalue weighted by molar-refractivity contribution is 7.99. The van der Waals surface area contributed by atoms with Crippen molar-refractivity contribution in [3.8, 4) is 0 Å². The minimum Gasteiger partial charge on any atom is -0.378 e. The Morgan fingerprint density at radius 3 is 2.57 bits per heavy atom. The van der Waals surface area contributed by atoms with Crippen molar-refractivity contribution < 1.29 is 22.7 Å². The number of carbonyl (C=O) groups is 1. The first kappa shape index (κ1) is 21.2. The third kappa shape index (κ3) is 6.26. The number of anilines is 1. The van der Waals surface area contributed by atoms with Crippen molar-refractivity contribution in [1.29, 1.82) is 0 Å². The van der Waals surface area contributed by atoms with Crippen LogP contribution in [-0.4, -0.2) is 65.4 Å². The van der Waals surface area contributed by atoms with Gasteiger partial charge in [0.2, 0.25) is 11.9 Å². The van der Waals surface area contributed by atoms with Crippen molar-refractivity contribution in [2.75, 3.05) is 43.5 Å². The molecule has 1 aliphatic carbocycles. The van der Waals surface area contributed by atoms with E-state index in [-0.39, 0.29) is 22.8 Å². The van der Waals surface area contributed by atoms with Gasteiger partial charge in [0.15, 0.2) is 5.16 Å². The first-order chi connectivity index (χ1) is 13.4. The highest BCUT2D eigenvalue weighted by atomic mass is 32.2. The summed E-state index contributed by atoms with van der Waals surface area (Å²) in [7, 11) is 0. The molecule has 1 saturated heterocycles. The average Bonchev–Trinajstić information content (AvgIpc) is 3.07. The van der Waals surface area contributed by atoms with Crippen molar-refractivity contribution in [3.63, 3.8) is 0 Å². The lowest BCUT2D eigenvalue weighted by atomic mass is 9.89. The molecule has 0 aromatic carbocycles. The molecule has 158 valence electrons. The molecule has 2 fully saturated rings. The first-order valence-electron chi connectivity index (χ1n) is 9.64. The molecule has 0 atom stereocenters. The largest absolute Gasteiger partial charge is 0.406 e. The molecule has 7 nitrogen and oxygen atoms in total. The van der Waals surface area contributed by atoms with Crippen LogP contribution >= 0.6 is 11.8 Å². The van der Waals surface area contributed by atoms with E-state index in [1.54, 1.807) is 4.90 Å². The molecule has 1 aromatic heterocycles. The van der Waals surface area contributed by atoms with E-state index >= 15 is 0 Å². The maximum atomic E-state index is 13.1. The van der Waals surface area contributed by atoms with E-state index in [9.17, 15) is 18.0 Å². The third-order valence-corrected chi connectivity index (χ3v) is 5.94. The predicted octanol–water partition coefficient (Wildman–Crippen LogP) is 2.47. The summed E-state index contributed by atoms with van der Waals surface area (Å²) in [5, 5.41) is 10.9. The summed E-state index contributed by atoms with van der Waals surface area (Å²) < 4.78 is 45.5. The van der Waals surface area contributed by atoms with Crippen LogP contribution in [0.15, 0.2) is 5.16 Å². The van der Waals surface area contributed by atoms with Gasteiger partial charge >= 0.3 is 6.18 Å². The van der Waals surface area contributed by atoms with Crippen LogP contribution in [0.25, 0.3) is 0 Å². The van der Waals surface area contributed by atoms with Crippen molar-refractivity contribution >= 4 is 23.6 Å². The molecule has 0 unspecified atom stereocenters. The smallest absolute Gasteiger partial charge is 0.378 e. The molecule has 1 aromatic rings. The maximum Gasteiger partial charge on any atom is 0.406 e. The number of aromatic nitrogens is 3. The fourth-order valence-corrected chi connectivity index (χ4v) is 4.30. The van der Waals surface area contributed by atoms with Gasteiger partial charge in [-0.25, -0.2) is 0 Å². The molecule has 3 rings (SSSR count). The standard InChI is InChI=1S/C17H26F3N5O2S/c18-17(19,20)12-25-15(24-6-8-27-9-7-24)22-23-16(25)28-11-14(26)21-10-13-4-2-1-3-5-13/h13H,1-12H2,(H,21,26). The summed E-state index contributed by atoms with van der Waals surface area (Å²) in [4.78, 5) is 13.9. The Morgan fingerprint density at radius 2 is 1.89 bits per heavy atom. The lowest BCUT2D eigenvalue weighted by Gasteiger charge is -2.28. The van der Waals surface area contributed by atoms with Crippen LogP contribution in [0.5, 0.6) is 0 Å². The van der Waals surface area contributed by atoms with Crippen LogP contribution in [0, 0.1) is 5.92 Å². The van der Waals surface area contributed by atoms with Crippen molar-refractivity contribution in [2.24, 2.45) is 5.92 Å². The van der Waals surface area contributed by atoms with E-state index in [4.69, 9.17) is 4.74 Å². The average molecular weight is 421 g/mol. The Labute approximate surface area is 166 Å². The van der Waals surface area contributed by atoms with Gasteiger partial charge in [-0.2, -0.15) is 13.2 Å². The number of alkyl halides is 3. The molecule has 11 heteroatoms. The molecule has 2 heterocycles. The molecule has 1 aliphatic heterocycles. The summed E-state index contributed by atoms with van der Waals surface area (Å²) in [5.41, 5.74) is 0. The highest BCUT2D eigenvalue weighted by Gasteiger charge is 2.33. The van der Waals surface area contributed by atoms with Gasteiger partial charge in [0.1, 0.15) is 6.54 Å². The Bertz CT molecular complexity index is 643. The van der Waals surface area contributed by atoms with Crippen LogP contribution in [0.4, 0.5) is 19.1 Å². The van der Waals surface area contributed by atoms with E-state index in [2.05, 4.69) is 15.5 Å². The first-order valence-corrected chi connectivity index (χ1v) is 10.6. The van der Waals surface area contributed by atoms with Crippen molar-refractivity contribution in [3.05, 3.63) is 0 Å². The molecule has 28 heavy (non-hydrogen) atoms. The van der Waals surface area contributed by atoms with Gasteiger partial charge in [0.05, 0.1) is 19.0 Å². The van der Waals surface area contributed by atoms with Crippen LogP contribution in [0.1, 0.15) is 32.1 Å². The normalized spacial score (nSPS) is 19.0. The minimum absolute atomic E-state index is 0.0197. The topological polar surface area (TPSA) is 72.3 Å². The van der Waals surface area contributed by atoms with Gasteiger partial charge in [-0.3, -0.25) is 9.36 Å². The minimum atomic E-state index is -4.40. The monoisotopic (exact) mass is 421 g/mol. The number of thioether (sulfide) groups is 1. The molecule has 1 N–H and O–H groups in total. The zero-order valence-electron chi connectivity index (χ0n) is 15.7. The number of amides is 1. The second kappa shape index (κ2) is 9.82. The Kier molecular flexibility index (Phi) is 7.44. The fourth-order valence-electron chi connectivity index (χ4n) is 3.53. The van der Waals surface area contributed by atoms with Crippen molar-refractivity contribution in [2.45, 2.75) is 50.0 Å². The number of hydrogen-bond acceptors (Lipinski definition) is 6. The highest BCUT2D eigenvalue weighted by Crippen LogP contribution is 2.28. The number of nitrogens with one attached hydrogen (secondary N) is 1. The van der Waals surface area contributed by atoms with E-state index < -0.39 is 12.7 Å². The van der Waals surface area contributed by atoms with E-state index in [0.29, 0.717) is 38.8 Å². The van der Waals surface area contributed by atoms with Gasteiger partial charge in [-0.15, -0.1) is 10.2 Å². The number of nitrogens with zero attached hydrogens (tertiary/aromatic N) is 4. The van der Waals surface area contributed by atoms with Gasteiger partial charge in [-0.05, 0) is 18.8 Å². The van der Waals surface area contributed by atoms with Gasteiger partial charge in [0.25, 0.3) is 0 Å². The van der Waals surface area contributed by atoms with E-state index in [1.807, 2.05) is 0 Å². The van der Waals surface area contributed by atoms with E-state index in [0.717, 1.165) is 29.2 Å². The van der Waals surface area contributed by atoms with Crippen LogP contribution in [0.3, 0.4) is 0 Å². The lowest BCUT2D eigenvalue weighted by Crippen LogP contribution is -2.38. The van der Waals surface area contributed by atoms with Gasteiger partial charge in [0, 0.05) is 19.6 Å².